The number of ketones is 1. The molecule has 0 radical (unpaired) electrons. The third-order valence-electron chi connectivity index (χ3n) is 2.04. The predicted octanol–water partition coefficient (Wildman–Crippen LogP) is 1.92. The molecule has 1 unspecified atom stereocenters. The average molecular weight is 208 g/mol. The SMILES string of the molecule is CCOC(COC)C(=O)c1ccccc1. The summed E-state index contributed by atoms with van der Waals surface area (Å²) >= 11 is 0. The van der Waals surface area contributed by atoms with E-state index in [-0.39, 0.29) is 5.78 Å². The van der Waals surface area contributed by atoms with Gasteiger partial charge in [-0.25, -0.2) is 0 Å². The molecule has 15 heavy (non-hydrogen) atoms. The van der Waals surface area contributed by atoms with Gasteiger partial charge in [-0.1, -0.05) is 30.3 Å². The highest BCUT2D eigenvalue weighted by Gasteiger charge is 2.19. The molecule has 0 aliphatic rings. The van der Waals surface area contributed by atoms with Crippen molar-refractivity contribution in [1.29, 1.82) is 0 Å². The Balaban J connectivity index is 2.71. The smallest absolute Gasteiger partial charge is 0.193 e. The minimum Gasteiger partial charge on any atom is -0.381 e. The third kappa shape index (κ3) is 3.46. The Morgan fingerprint density at radius 1 is 1.33 bits per heavy atom. The van der Waals surface area contributed by atoms with Crippen molar-refractivity contribution in [2.45, 2.75) is 13.0 Å². The molecular formula is C12H16O3. The molecule has 0 N–H and O–H groups in total. The molecule has 0 saturated carbocycles. The quantitative estimate of drug-likeness (QED) is 0.670. The highest BCUT2D eigenvalue weighted by atomic mass is 16.5. The molecule has 0 heterocycles. The normalized spacial score (nSPS) is 12.4. The van der Waals surface area contributed by atoms with E-state index in [1.807, 2.05) is 25.1 Å². The highest BCUT2D eigenvalue weighted by Crippen LogP contribution is 2.06. The zero-order chi connectivity index (χ0) is 11.1. The molecule has 0 fully saturated rings. The van der Waals surface area contributed by atoms with Crippen molar-refractivity contribution in [3.63, 3.8) is 0 Å². The summed E-state index contributed by atoms with van der Waals surface area (Å²) in [5.74, 6) is -0.0284. The van der Waals surface area contributed by atoms with Gasteiger partial charge in [0.1, 0.15) is 6.10 Å². The lowest BCUT2D eigenvalue weighted by Gasteiger charge is -2.14. The van der Waals surface area contributed by atoms with Crippen molar-refractivity contribution in [3.8, 4) is 0 Å². The van der Waals surface area contributed by atoms with Crippen LogP contribution in [0.1, 0.15) is 17.3 Å². The number of benzene rings is 1. The monoisotopic (exact) mass is 208 g/mol. The van der Waals surface area contributed by atoms with E-state index in [0.29, 0.717) is 18.8 Å². The van der Waals surface area contributed by atoms with Crippen molar-refractivity contribution < 1.29 is 14.3 Å². The van der Waals surface area contributed by atoms with E-state index < -0.39 is 6.10 Å². The van der Waals surface area contributed by atoms with E-state index in [1.165, 1.54) is 0 Å². The molecule has 1 aromatic carbocycles. The van der Waals surface area contributed by atoms with Gasteiger partial charge < -0.3 is 9.47 Å². The molecule has 0 aliphatic carbocycles. The van der Waals surface area contributed by atoms with Crippen LogP contribution in [0, 0.1) is 0 Å². The van der Waals surface area contributed by atoms with Crippen molar-refractivity contribution in [2.75, 3.05) is 20.3 Å². The van der Waals surface area contributed by atoms with Crippen molar-refractivity contribution in [2.24, 2.45) is 0 Å². The van der Waals surface area contributed by atoms with E-state index in [1.54, 1.807) is 19.2 Å². The van der Waals surface area contributed by atoms with Crippen LogP contribution in [0.3, 0.4) is 0 Å². The fourth-order valence-electron chi connectivity index (χ4n) is 1.34. The van der Waals surface area contributed by atoms with Crippen LogP contribution in [-0.2, 0) is 9.47 Å². The van der Waals surface area contributed by atoms with E-state index in [9.17, 15) is 4.79 Å². The number of ether oxygens (including phenoxy) is 2. The zero-order valence-corrected chi connectivity index (χ0v) is 9.10. The van der Waals surface area contributed by atoms with Gasteiger partial charge in [0.15, 0.2) is 5.78 Å². The van der Waals surface area contributed by atoms with E-state index in [0.717, 1.165) is 0 Å². The largest absolute Gasteiger partial charge is 0.381 e. The minimum absolute atomic E-state index is 0.0284. The van der Waals surface area contributed by atoms with Crippen molar-refractivity contribution in [3.05, 3.63) is 35.9 Å². The fraction of sp³-hybridized carbons (Fsp3) is 0.417. The summed E-state index contributed by atoms with van der Waals surface area (Å²) in [7, 11) is 1.56. The summed E-state index contributed by atoms with van der Waals surface area (Å²) in [5, 5.41) is 0. The molecule has 0 aromatic heterocycles. The van der Waals surface area contributed by atoms with E-state index in [4.69, 9.17) is 9.47 Å². The number of rotatable bonds is 6. The van der Waals surface area contributed by atoms with Crippen molar-refractivity contribution in [1.82, 2.24) is 0 Å². The number of hydrogen-bond donors (Lipinski definition) is 0. The van der Waals surface area contributed by atoms with Gasteiger partial charge in [0.2, 0.25) is 0 Å². The van der Waals surface area contributed by atoms with Gasteiger partial charge in [-0.15, -0.1) is 0 Å². The van der Waals surface area contributed by atoms with Gasteiger partial charge in [-0.05, 0) is 6.92 Å². The highest BCUT2D eigenvalue weighted by molar-refractivity contribution is 5.99. The standard InChI is InChI=1S/C12H16O3/c1-3-15-11(9-14-2)12(13)10-7-5-4-6-8-10/h4-8,11H,3,9H2,1-2H3. The van der Waals surface area contributed by atoms with Crippen LogP contribution in [0.25, 0.3) is 0 Å². The maximum absolute atomic E-state index is 11.9. The summed E-state index contributed by atoms with van der Waals surface area (Å²) in [4.78, 5) is 11.9. The second-order valence-electron chi connectivity index (χ2n) is 3.13. The summed E-state index contributed by atoms with van der Waals surface area (Å²) in [5.41, 5.74) is 0.660. The van der Waals surface area contributed by atoms with Crippen LogP contribution >= 0.6 is 0 Å². The molecule has 82 valence electrons. The summed E-state index contributed by atoms with van der Waals surface area (Å²) in [6, 6.07) is 9.11. The molecular weight excluding hydrogens is 192 g/mol. The lowest BCUT2D eigenvalue weighted by atomic mass is 10.1. The van der Waals surface area contributed by atoms with Crippen LogP contribution in [0.2, 0.25) is 0 Å². The number of methoxy groups -OCH3 is 1. The Morgan fingerprint density at radius 2 is 2.00 bits per heavy atom. The maximum Gasteiger partial charge on any atom is 0.193 e. The Labute approximate surface area is 90.0 Å². The lowest BCUT2D eigenvalue weighted by molar-refractivity contribution is 0.00999. The first kappa shape index (κ1) is 11.9. The molecule has 1 atom stereocenters. The lowest BCUT2D eigenvalue weighted by Crippen LogP contribution is -2.29. The first-order valence-electron chi connectivity index (χ1n) is 4.99. The summed E-state index contributed by atoms with van der Waals surface area (Å²) < 4.78 is 10.3. The Hall–Kier alpha value is -1.19. The van der Waals surface area contributed by atoms with Gasteiger partial charge in [-0.3, -0.25) is 4.79 Å². The molecule has 1 aromatic rings. The van der Waals surface area contributed by atoms with Gasteiger partial charge in [0.05, 0.1) is 6.61 Å². The average Bonchev–Trinajstić information content (AvgIpc) is 2.29. The molecule has 3 nitrogen and oxygen atoms in total. The molecule has 0 saturated heterocycles. The number of carbonyl (C=O) groups is 1. The zero-order valence-electron chi connectivity index (χ0n) is 9.10. The summed E-state index contributed by atoms with van der Waals surface area (Å²) in [6.07, 6.45) is -0.498. The van der Waals surface area contributed by atoms with E-state index in [2.05, 4.69) is 0 Å². The Kier molecular flexibility index (Phi) is 5.01. The minimum atomic E-state index is -0.498. The molecule has 0 spiro atoms. The fourth-order valence-corrected chi connectivity index (χ4v) is 1.34. The van der Waals surface area contributed by atoms with Crippen LogP contribution in [-0.4, -0.2) is 32.2 Å². The van der Waals surface area contributed by atoms with Crippen LogP contribution < -0.4 is 0 Å². The van der Waals surface area contributed by atoms with Gasteiger partial charge in [0, 0.05) is 19.3 Å². The van der Waals surface area contributed by atoms with Crippen LogP contribution in [0.4, 0.5) is 0 Å². The molecule has 1 rings (SSSR count). The predicted molar refractivity (Wildman–Crippen MR) is 58.1 cm³/mol. The second kappa shape index (κ2) is 6.32. The van der Waals surface area contributed by atoms with Gasteiger partial charge >= 0.3 is 0 Å². The van der Waals surface area contributed by atoms with Crippen LogP contribution in [0.15, 0.2) is 30.3 Å². The van der Waals surface area contributed by atoms with Gasteiger partial charge in [-0.2, -0.15) is 0 Å². The van der Waals surface area contributed by atoms with Crippen LogP contribution in [0.5, 0.6) is 0 Å². The summed E-state index contributed by atoms with van der Waals surface area (Å²) in [6.45, 7) is 2.66. The first-order chi connectivity index (χ1) is 7.29. The first-order valence-corrected chi connectivity index (χ1v) is 4.99. The van der Waals surface area contributed by atoms with Crippen molar-refractivity contribution >= 4 is 5.78 Å². The topological polar surface area (TPSA) is 35.5 Å². The maximum atomic E-state index is 11.9. The van der Waals surface area contributed by atoms with Gasteiger partial charge in [0.25, 0.3) is 0 Å². The molecule has 0 aliphatic heterocycles. The molecule has 0 amide bonds. The third-order valence-corrected chi connectivity index (χ3v) is 2.04. The number of Topliss-reactive ketones (excluding diaryl/α,β-unsaturated/α-hetero) is 1. The Morgan fingerprint density at radius 3 is 2.53 bits per heavy atom. The molecule has 3 heteroatoms. The number of carbonyl (C=O) groups excluding carboxylic acids is 1. The van der Waals surface area contributed by atoms with E-state index >= 15 is 0 Å². The number of hydrogen-bond acceptors (Lipinski definition) is 3. The second-order valence-corrected chi connectivity index (χ2v) is 3.13. The Bertz CT molecular complexity index is 289. The molecule has 0 bridgehead atoms.